The molecule has 10 aromatic rings. The Bertz CT molecular complexity index is 2770. The van der Waals surface area contributed by atoms with Gasteiger partial charge in [0.1, 0.15) is 5.82 Å². The SMILES string of the molecule is c1ccc(-c2nc3ccccc3n2-c2ccc(-c3c4ccccc4c(-c4ccc5c(c4)sc4ccccc45)c4ccccc34)cc2)cc1. The molecule has 0 aliphatic heterocycles. The van der Waals surface area contributed by atoms with Crippen LogP contribution in [0.4, 0.5) is 0 Å². The Morgan fingerprint density at radius 1 is 0.396 bits per heavy atom. The zero-order chi connectivity index (χ0) is 31.6. The van der Waals surface area contributed by atoms with Crippen LogP contribution in [0.5, 0.6) is 0 Å². The lowest BCUT2D eigenvalue weighted by Crippen LogP contribution is -1.97. The van der Waals surface area contributed by atoms with Gasteiger partial charge in [0.2, 0.25) is 0 Å². The van der Waals surface area contributed by atoms with Gasteiger partial charge in [-0.25, -0.2) is 4.98 Å². The molecule has 224 valence electrons. The van der Waals surface area contributed by atoms with Gasteiger partial charge in [0, 0.05) is 31.4 Å². The van der Waals surface area contributed by atoms with Crippen LogP contribution in [0.25, 0.3) is 92.1 Å². The third-order valence-electron chi connectivity index (χ3n) is 9.61. The van der Waals surface area contributed by atoms with E-state index in [9.17, 15) is 0 Å². The maximum absolute atomic E-state index is 5.06. The molecule has 0 atom stereocenters. The van der Waals surface area contributed by atoms with Gasteiger partial charge in [0.25, 0.3) is 0 Å². The van der Waals surface area contributed by atoms with Crippen LogP contribution in [-0.4, -0.2) is 9.55 Å². The predicted molar refractivity (Wildman–Crippen MR) is 205 cm³/mol. The summed E-state index contributed by atoms with van der Waals surface area (Å²) in [6, 6.07) is 61.4. The van der Waals surface area contributed by atoms with Gasteiger partial charge in [0.15, 0.2) is 0 Å². The predicted octanol–water partition coefficient (Wildman–Crippen LogP) is 12.7. The smallest absolute Gasteiger partial charge is 0.145 e. The van der Waals surface area contributed by atoms with Gasteiger partial charge in [-0.1, -0.05) is 133 Å². The van der Waals surface area contributed by atoms with Gasteiger partial charge >= 0.3 is 0 Å². The molecular formula is C45H28N2S. The number of benzene rings is 8. The summed E-state index contributed by atoms with van der Waals surface area (Å²) in [6.45, 7) is 0. The second-order valence-electron chi connectivity index (χ2n) is 12.3. The van der Waals surface area contributed by atoms with E-state index >= 15 is 0 Å². The zero-order valence-corrected chi connectivity index (χ0v) is 26.8. The fourth-order valence-electron chi connectivity index (χ4n) is 7.48. The average molecular weight is 629 g/mol. The summed E-state index contributed by atoms with van der Waals surface area (Å²) in [5.41, 5.74) is 9.28. The minimum Gasteiger partial charge on any atom is -0.292 e. The number of thiophene rings is 1. The lowest BCUT2D eigenvalue weighted by molar-refractivity contribution is 1.10. The molecule has 48 heavy (non-hydrogen) atoms. The molecule has 0 unspecified atom stereocenters. The number of nitrogens with zero attached hydrogens (tertiary/aromatic N) is 2. The van der Waals surface area contributed by atoms with Crippen molar-refractivity contribution < 1.29 is 0 Å². The maximum Gasteiger partial charge on any atom is 0.145 e. The summed E-state index contributed by atoms with van der Waals surface area (Å²) < 4.78 is 4.93. The Kier molecular flexibility index (Phi) is 6.08. The normalized spacial score (nSPS) is 11.8. The number of imidazole rings is 1. The molecule has 0 saturated heterocycles. The molecule has 3 heteroatoms. The van der Waals surface area contributed by atoms with Crippen molar-refractivity contribution in [3.8, 4) is 39.3 Å². The molecule has 0 aliphatic rings. The topological polar surface area (TPSA) is 17.8 Å². The van der Waals surface area contributed by atoms with Crippen molar-refractivity contribution >= 4 is 64.1 Å². The van der Waals surface area contributed by atoms with E-state index in [0.717, 1.165) is 28.1 Å². The van der Waals surface area contributed by atoms with E-state index in [4.69, 9.17) is 4.98 Å². The van der Waals surface area contributed by atoms with Crippen LogP contribution < -0.4 is 0 Å². The number of hydrogen-bond donors (Lipinski definition) is 0. The summed E-state index contributed by atoms with van der Waals surface area (Å²) in [4.78, 5) is 5.06. The highest BCUT2D eigenvalue weighted by molar-refractivity contribution is 7.25. The maximum atomic E-state index is 5.06. The number of fused-ring (bicyclic) bond motifs is 6. The molecule has 0 aliphatic carbocycles. The van der Waals surface area contributed by atoms with Crippen molar-refractivity contribution in [3.05, 3.63) is 170 Å². The van der Waals surface area contributed by atoms with Crippen molar-refractivity contribution in [2.45, 2.75) is 0 Å². The highest BCUT2D eigenvalue weighted by atomic mass is 32.1. The van der Waals surface area contributed by atoms with E-state index in [1.54, 1.807) is 0 Å². The summed E-state index contributed by atoms with van der Waals surface area (Å²) >= 11 is 1.88. The van der Waals surface area contributed by atoms with Crippen molar-refractivity contribution in [1.29, 1.82) is 0 Å². The van der Waals surface area contributed by atoms with E-state index in [2.05, 4.69) is 168 Å². The van der Waals surface area contributed by atoms with Crippen LogP contribution in [0, 0.1) is 0 Å². The molecule has 8 aromatic carbocycles. The first kappa shape index (κ1) is 27.1. The van der Waals surface area contributed by atoms with E-state index in [1.807, 2.05) is 17.4 Å². The minimum absolute atomic E-state index is 0.945. The number of para-hydroxylation sites is 2. The lowest BCUT2D eigenvalue weighted by atomic mass is 9.86. The van der Waals surface area contributed by atoms with Crippen molar-refractivity contribution in [2.24, 2.45) is 0 Å². The van der Waals surface area contributed by atoms with Crippen molar-refractivity contribution in [3.63, 3.8) is 0 Å². The average Bonchev–Trinajstić information content (AvgIpc) is 3.73. The van der Waals surface area contributed by atoms with Crippen LogP contribution in [-0.2, 0) is 0 Å². The molecule has 0 N–H and O–H groups in total. The second kappa shape index (κ2) is 10.8. The third kappa shape index (κ3) is 4.15. The van der Waals surface area contributed by atoms with Gasteiger partial charge in [0.05, 0.1) is 11.0 Å². The van der Waals surface area contributed by atoms with E-state index < -0.39 is 0 Å². The summed E-state index contributed by atoms with van der Waals surface area (Å²) in [5, 5.41) is 7.70. The molecular weight excluding hydrogens is 601 g/mol. The molecule has 0 saturated carbocycles. The fraction of sp³-hybridized carbons (Fsp3) is 0. The first-order valence-electron chi connectivity index (χ1n) is 16.3. The molecule has 2 nitrogen and oxygen atoms in total. The van der Waals surface area contributed by atoms with Crippen LogP contribution in [0.2, 0.25) is 0 Å². The Labute approximate surface area is 281 Å². The summed E-state index contributed by atoms with van der Waals surface area (Å²) in [6.07, 6.45) is 0. The zero-order valence-electron chi connectivity index (χ0n) is 26.0. The van der Waals surface area contributed by atoms with Gasteiger partial charge in [-0.05, 0) is 80.2 Å². The molecule has 0 amide bonds. The number of rotatable bonds is 4. The second-order valence-corrected chi connectivity index (χ2v) is 13.4. The van der Waals surface area contributed by atoms with Gasteiger partial charge in [-0.15, -0.1) is 11.3 Å². The highest BCUT2D eigenvalue weighted by Gasteiger charge is 2.19. The Hall–Kier alpha value is -6.03. The molecule has 2 aromatic heterocycles. The molecule has 0 bridgehead atoms. The summed E-state index contributed by atoms with van der Waals surface area (Å²) in [5.74, 6) is 0.945. The van der Waals surface area contributed by atoms with Crippen molar-refractivity contribution in [2.75, 3.05) is 0 Å². The third-order valence-corrected chi connectivity index (χ3v) is 10.7. The van der Waals surface area contributed by atoms with E-state index in [-0.39, 0.29) is 0 Å². The van der Waals surface area contributed by atoms with Gasteiger partial charge in [-0.3, -0.25) is 4.57 Å². The lowest BCUT2D eigenvalue weighted by Gasteiger charge is -2.18. The van der Waals surface area contributed by atoms with Crippen LogP contribution in [0.1, 0.15) is 0 Å². The van der Waals surface area contributed by atoms with E-state index in [1.165, 1.54) is 64.0 Å². The van der Waals surface area contributed by atoms with Gasteiger partial charge in [-0.2, -0.15) is 0 Å². The Morgan fingerprint density at radius 3 is 1.65 bits per heavy atom. The van der Waals surface area contributed by atoms with Crippen LogP contribution in [0.15, 0.2) is 170 Å². The molecule has 0 radical (unpaired) electrons. The molecule has 2 heterocycles. The largest absolute Gasteiger partial charge is 0.292 e. The number of aromatic nitrogens is 2. The molecule has 0 spiro atoms. The highest BCUT2D eigenvalue weighted by Crippen LogP contribution is 2.45. The monoisotopic (exact) mass is 628 g/mol. The Morgan fingerprint density at radius 2 is 0.938 bits per heavy atom. The standard InChI is InChI=1S/C45H28N2S/c1-2-12-30(13-3-1)45-46-39-19-9-10-20-40(39)47(45)32-25-22-29(23-26-32)43-35-15-4-6-17-37(35)44(38-18-7-5-16-36(38)43)31-24-27-34-33-14-8-11-21-41(33)48-42(34)28-31/h1-28H. The first-order chi connectivity index (χ1) is 23.8. The summed E-state index contributed by atoms with van der Waals surface area (Å²) in [7, 11) is 0. The quantitative estimate of drug-likeness (QED) is 0.177. The van der Waals surface area contributed by atoms with Crippen LogP contribution >= 0.6 is 11.3 Å². The molecule has 0 fully saturated rings. The fourth-order valence-corrected chi connectivity index (χ4v) is 8.62. The van der Waals surface area contributed by atoms with E-state index in [0.29, 0.717) is 0 Å². The minimum atomic E-state index is 0.945. The first-order valence-corrected chi connectivity index (χ1v) is 17.1. The molecule has 10 rings (SSSR count). The van der Waals surface area contributed by atoms with Crippen LogP contribution in [0.3, 0.4) is 0 Å². The van der Waals surface area contributed by atoms with Gasteiger partial charge < -0.3 is 0 Å². The van der Waals surface area contributed by atoms with Crippen molar-refractivity contribution in [1.82, 2.24) is 9.55 Å². The Balaban J connectivity index is 1.17. The number of hydrogen-bond acceptors (Lipinski definition) is 2.